The van der Waals surface area contributed by atoms with Crippen molar-refractivity contribution in [3.05, 3.63) is 35.4 Å². The van der Waals surface area contributed by atoms with Gasteiger partial charge >= 0.3 is 6.18 Å². The maximum atomic E-state index is 12.5. The van der Waals surface area contributed by atoms with Crippen LogP contribution in [0.2, 0.25) is 0 Å². The molecule has 5 heteroatoms. The van der Waals surface area contributed by atoms with Crippen molar-refractivity contribution >= 4 is 0 Å². The molecule has 0 amide bonds. The molecular formula is C15H22F3NO. The van der Waals surface area contributed by atoms with E-state index in [0.29, 0.717) is 13.0 Å². The fraction of sp³-hybridized carbons (Fsp3) is 0.600. The molecule has 0 heterocycles. The third-order valence-electron chi connectivity index (χ3n) is 3.34. The Kier molecular flexibility index (Phi) is 6.49. The zero-order chi connectivity index (χ0) is 15.2. The second-order valence-electron chi connectivity index (χ2n) is 4.70. The van der Waals surface area contributed by atoms with Crippen LogP contribution in [0, 0.1) is 0 Å². The van der Waals surface area contributed by atoms with Crippen LogP contribution in [0.5, 0.6) is 0 Å². The SMILES string of the molecule is CCOC(CC)C(Cc1ccc(C(F)(F)F)cc1)NC. The van der Waals surface area contributed by atoms with E-state index in [0.717, 1.165) is 24.1 Å². The van der Waals surface area contributed by atoms with Crippen molar-refractivity contribution in [2.45, 2.75) is 45.0 Å². The first-order valence-corrected chi connectivity index (χ1v) is 6.87. The zero-order valence-corrected chi connectivity index (χ0v) is 12.1. The summed E-state index contributed by atoms with van der Waals surface area (Å²) in [5, 5.41) is 3.18. The molecule has 0 spiro atoms. The Balaban J connectivity index is 2.75. The topological polar surface area (TPSA) is 21.3 Å². The van der Waals surface area contributed by atoms with Gasteiger partial charge in [0.15, 0.2) is 0 Å². The van der Waals surface area contributed by atoms with Crippen molar-refractivity contribution in [1.29, 1.82) is 0 Å². The van der Waals surface area contributed by atoms with Crippen LogP contribution in [-0.4, -0.2) is 25.8 Å². The van der Waals surface area contributed by atoms with Crippen LogP contribution < -0.4 is 5.32 Å². The molecule has 0 aliphatic carbocycles. The monoisotopic (exact) mass is 289 g/mol. The summed E-state index contributed by atoms with van der Waals surface area (Å²) in [6, 6.07) is 5.42. The molecule has 1 aromatic rings. The Morgan fingerprint density at radius 3 is 2.15 bits per heavy atom. The lowest BCUT2D eigenvalue weighted by atomic mass is 9.99. The van der Waals surface area contributed by atoms with Crippen molar-refractivity contribution in [2.75, 3.05) is 13.7 Å². The summed E-state index contributed by atoms with van der Waals surface area (Å²) in [6.45, 7) is 4.61. The minimum Gasteiger partial charge on any atom is -0.377 e. The smallest absolute Gasteiger partial charge is 0.377 e. The standard InChI is InChI=1S/C15H22F3NO/c1-4-14(20-5-2)13(19-3)10-11-6-8-12(9-7-11)15(16,17)18/h6-9,13-14,19H,4-5,10H2,1-3H3. The molecule has 0 radical (unpaired) electrons. The van der Waals surface area contributed by atoms with E-state index in [9.17, 15) is 13.2 Å². The number of hydrogen-bond acceptors (Lipinski definition) is 2. The molecule has 0 bridgehead atoms. The van der Waals surface area contributed by atoms with Gasteiger partial charge in [0.25, 0.3) is 0 Å². The summed E-state index contributed by atoms with van der Waals surface area (Å²) >= 11 is 0. The van der Waals surface area contributed by atoms with Gasteiger partial charge in [0, 0.05) is 12.6 Å². The van der Waals surface area contributed by atoms with Crippen molar-refractivity contribution in [2.24, 2.45) is 0 Å². The molecule has 2 nitrogen and oxygen atoms in total. The molecule has 1 aromatic carbocycles. The van der Waals surface area contributed by atoms with E-state index in [1.165, 1.54) is 12.1 Å². The second-order valence-corrected chi connectivity index (χ2v) is 4.70. The van der Waals surface area contributed by atoms with Gasteiger partial charge in [-0.2, -0.15) is 13.2 Å². The minimum atomic E-state index is -4.28. The molecule has 20 heavy (non-hydrogen) atoms. The molecule has 2 atom stereocenters. The predicted octanol–water partition coefficient (Wildman–Crippen LogP) is 3.65. The molecular weight excluding hydrogens is 267 g/mol. The molecule has 1 N–H and O–H groups in total. The van der Waals surface area contributed by atoms with Crippen LogP contribution in [0.1, 0.15) is 31.4 Å². The molecule has 0 aromatic heterocycles. The molecule has 2 unspecified atom stereocenters. The number of halogens is 3. The molecule has 0 aliphatic rings. The number of benzene rings is 1. The molecule has 114 valence electrons. The van der Waals surface area contributed by atoms with Crippen LogP contribution in [-0.2, 0) is 17.3 Å². The molecule has 0 fully saturated rings. The van der Waals surface area contributed by atoms with Gasteiger partial charge in [0.1, 0.15) is 0 Å². The van der Waals surface area contributed by atoms with Gasteiger partial charge in [-0.15, -0.1) is 0 Å². The lowest BCUT2D eigenvalue weighted by Gasteiger charge is -2.26. The van der Waals surface area contributed by atoms with Gasteiger partial charge in [0.2, 0.25) is 0 Å². The average molecular weight is 289 g/mol. The number of alkyl halides is 3. The molecule has 0 saturated carbocycles. The van der Waals surface area contributed by atoms with E-state index in [-0.39, 0.29) is 12.1 Å². The summed E-state index contributed by atoms with van der Waals surface area (Å²) in [5.74, 6) is 0. The van der Waals surface area contributed by atoms with Gasteiger partial charge in [-0.25, -0.2) is 0 Å². The van der Waals surface area contributed by atoms with Gasteiger partial charge in [-0.05, 0) is 44.5 Å². The van der Waals surface area contributed by atoms with Crippen molar-refractivity contribution in [3.63, 3.8) is 0 Å². The van der Waals surface area contributed by atoms with Crippen molar-refractivity contribution < 1.29 is 17.9 Å². The number of hydrogen-bond donors (Lipinski definition) is 1. The lowest BCUT2D eigenvalue weighted by molar-refractivity contribution is -0.137. The Bertz CT molecular complexity index is 389. The molecule has 1 rings (SSSR count). The van der Waals surface area contributed by atoms with Crippen LogP contribution in [0.3, 0.4) is 0 Å². The minimum absolute atomic E-state index is 0.0623. The van der Waals surface area contributed by atoms with E-state index < -0.39 is 11.7 Å². The first kappa shape index (κ1) is 17.0. The summed E-state index contributed by atoms with van der Waals surface area (Å²) in [4.78, 5) is 0. The Morgan fingerprint density at radius 1 is 1.15 bits per heavy atom. The highest BCUT2D eigenvalue weighted by Crippen LogP contribution is 2.29. The number of rotatable bonds is 7. The van der Waals surface area contributed by atoms with E-state index >= 15 is 0 Å². The van der Waals surface area contributed by atoms with Gasteiger partial charge in [-0.1, -0.05) is 19.1 Å². The first-order chi connectivity index (χ1) is 9.42. The van der Waals surface area contributed by atoms with E-state index in [4.69, 9.17) is 4.74 Å². The van der Waals surface area contributed by atoms with Crippen LogP contribution in [0.15, 0.2) is 24.3 Å². The maximum absolute atomic E-state index is 12.5. The Labute approximate surface area is 118 Å². The maximum Gasteiger partial charge on any atom is 0.416 e. The highest BCUT2D eigenvalue weighted by molar-refractivity contribution is 5.25. The van der Waals surface area contributed by atoms with Crippen LogP contribution in [0.25, 0.3) is 0 Å². The molecule has 0 saturated heterocycles. The first-order valence-electron chi connectivity index (χ1n) is 6.87. The van der Waals surface area contributed by atoms with Crippen LogP contribution in [0.4, 0.5) is 13.2 Å². The average Bonchev–Trinajstić information content (AvgIpc) is 2.42. The van der Waals surface area contributed by atoms with Crippen molar-refractivity contribution in [1.82, 2.24) is 5.32 Å². The van der Waals surface area contributed by atoms with Gasteiger partial charge < -0.3 is 10.1 Å². The Hall–Kier alpha value is -1.07. The summed E-state index contributed by atoms with van der Waals surface area (Å²) in [6.07, 6.45) is -2.71. The normalized spacial score (nSPS) is 15.1. The fourth-order valence-corrected chi connectivity index (χ4v) is 2.24. The summed E-state index contributed by atoms with van der Waals surface area (Å²) in [7, 11) is 1.84. The number of likely N-dealkylation sites (N-methyl/N-ethyl adjacent to an activating group) is 1. The Morgan fingerprint density at radius 2 is 1.75 bits per heavy atom. The third-order valence-corrected chi connectivity index (χ3v) is 3.34. The van der Waals surface area contributed by atoms with Gasteiger partial charge in [0.05, 0.1) is 11.7 Å². The molecule has 0 aliphatic heterocycles. The highest BCUT2D eigenvalue weighted by Gasteiger charge is 2.30. The summed E-state index contributed by atoms with van der Waals surface area (Å²) in [5.41, 5.74) is 0.259. The second kappa shape index (κ2) is 7.64. The zero-order valence-electron chi connectivity index (χ0n) is 12.1. The van der Waals surface area contributed by atoms with Gasteiger partial charge in [-0.3, -0.25) is 0 Å². The number of nitrogens with one attached hydrogen (secondary N) is 1. The summed E-state index contributed by atoms with van der Waals surface area (Å²) < 4.78 is 43.1. The predicted molar refractivity (Wildman–Crippen MR) is 73.7 cm³/mol. The fourth-order valence-electron chi connectivity index (χ4n) is 2.24. The van der Waals surface area contributed by atoms with E-state index in [1.54, 1.807) is 0 Å². The third kappa shape index (κ3) is 4.80. The lowest BCUT2D eigenvalue weighted by Crippen LogP contribution is -2.40. The highest BCUT2D eigenvalue weighted by atomic mass is 19.4. The largest absolute Gasteiger partial charge is 0.416 e. The van der Waals surface area contributed by atoms with E-state index in [1.807, 2.05) is 20.9 Å². The van der Waals surface area contributed by atoms with E-state index in [2.05, 4.69) is 5.32 Å². The van der Waals surface area contributed by atoms with Crippen molar-refractivity contribution in [3.8, 4) is 0 Å². The van der Waals surface area contributed by atoms with Crippen LogP contribution >= 0.6 is 0 Å². The number of ether oxygens (including phenoxy) is 1. The quantitative estimate of drug-likeness (QED) is 0.827.